The standard InChI is InChI=1S/C18H14IN3O3/c19-13-4-6-16(7-5-13)25-11-17(24)22-14-9-20-18(21-10-14)12-2-1-3-15(23)8-12/h1-10,23H,11H2,(H,22,24). The quantitative estimate of drug-likeness (QED) is 0.586. The average Bonchev–Trinajstić information content (AvgIpc) is 2.62. The van der Waals surface area contributed by atoms with Crippen molar-refractivity contribution >= 4 is 34.2 Å². The van der Waals surface area contributed by atoms with E-state index in [-0.39, 0.29) is 18.3 Å². The maximum atomic E-state index is 11.9. The fourth-order valence-electron chi connectivity index (χ4n) is 2.06. The molecule has 7 heteroatoms. The lowest BCUT2D eigenvalue weighted by Crippen LogP contribution is -2.20. The molecule has 1 aromatic heterocycles. The van der Waals surface area contributed by atoms with Gasteiger partial charge in [0.05, 0.1) is 18.1 Å². The average molecular weight is 447 g/mol. The van der Waals surface area contributed by atoms with E-state index < -0.39 is 0 Å². The van der Waals surface area contributed by atoms with E-state index in [1.807, 2.05) is 24.3 Å². The fourth-order valence-corrected chi connectivity index (χ4v) is 2.42. The summed E-state index contributed by atoms with van der Waals surface area (Å²) in [6, 6.07) is 14.1. The topological polar surface area (TPSA) is 84.3 Å². The summed E-state index contributed by atoms with van der Waals surface area (Å²) in [7, 11) is 0. The van der Waals surface area contributed by atoms with Gasteiger partial charge in [-0.3, -0.25) is 4.79 Å². The number of amides is 1. The maximum Gasteiger partial charge on any atom is 0.262 e. The van der Waals surface area contributed by atoms with Crippen molar-refractivity contribution in [3.63, 3.8) is 0 Å². The van der Waals surface area contributed by atoms with E-state index in [0.717, 1.165) is 3.57 Å². The normalized spacial score (nSPS) is 10.3. The number of nitrogens with zero attached hydrogens (tertiary/aromatic N) is 2. The van der Waals surface area contributed by atoms with Crippen LogP contribution in [0.5, 0.6) is 11.5 Å². The fraction of sp³-hybridized carbons (Fsp3) is 0.0556. The molecule has 3 rings (SSSR count). The Kier molecular flexibility index (Phi) is 5.44. The molecule has 0 atom stereocenters. The molecule has 1 heterocycles. The Labute approximate surface area is 158 Å². The Hall–Kier alpha value is -2.68. The molecular formula is C18H14IN3O3. The van der Waals surface area contributed by atoms with Crippen LogP contribution in [0, 0.1) is 3.57 Å². The monoisotopic (exact) mass is 447 g/mol. The number of carbonyl (C=O) groups excluding carboxylic acids is 1. The van der Waals surface area contributed by atoms with Gasteiger partial charge in [-0.2, -0.15) is 0 Å². The van der Waals surface area contributed by atoms with Gasteiger partial charge in [0.2, 0.25) is 0 Å². The first-order valence-electron chi connectivity index (χ1n) is 7.40. The summed E-state index contributed by atoms with van der Waals surface area (Å²) in [5.41, 5.74) is 1.17. The highest BCUT2D eigenvalue weighted by molar-refractivity contribution is 14.1. The molecule has 25 heavy (non-hydrogen) atoms. The van der Waals surface area contributed by atoms with Gasteiger partial charge in [0, 0.05) is 9.13 Å². The molecule has 6 nitrogen and oxygen atoms in total. The number of rotatable bonds is 5. The molecule has 0 bridgehead atoms. The first-order valence-corrected chi connectivity index (χ1v) is 8.48. The second-order valence-corrected chi connectivity index (χ2v) is 6.38. The molecule has 3 aromatic rings. The van der Waals surface area contributed by atoms with Crippen LogP contribution in [0.4, 0.5) is 5.69 Å². The molecule has 0 fully saturated rings. The molecule has 0 saturated heterocycles. The minimum absolute atomic E-state index is 0.102. The van der Waals surface area contributed by atoms with E-state index in [9.17, 15) is 9.90 Å². The third kappa shape index (κ3) is 4.90. The van der Waals surface area contributed by atoms with Crippen LogP contribution in [-0.2, 0) is 4.79 Å². The highest BCUT2D eigenvalue weighted by atomic mass is 127. The lowest BCUT2D eigenvalue weighted by atomic mass is 10.2. The van der Waals surface area contributed by atoms with Crippen molar-refractivity contribution in [2.45, 2.75) is 0 Å². The Morgan fingerprint density at radius 1 is 1.12 bits per heavy atom. The lowest BCUT2D eigenvalue weighted by molar-refractivity contribution is -0.118. The number of benzene rings is 2. The summed E-state index contributed by atoms with van der Waals surface area (Å²) in [6.45, 7) is -0.102. The largest absolute Gasteiger partial charge is 0.508 e. The summed E-state index contributed by atoms with van der Waals surface area (Å²) in [5, 5.41) is 12.2. The summed E-state index contributed by atoms with van der Waals surface area (Å²) < 4.78 is 6.51. The molecule has 126 valence electrons. The van der Waals surface area contributed by atoms with E-state index in [4.69, 9.17) is 4.74 Å². The first kappa shape index (κ1) is 17.2. The highest BCUT2D eigenvalue weighted by Crippen LogP contribution is 2.20. The number of carbonyl (C=O) groups is 1. The van der Waals surface area contributed by atoms with Crippen molar-refractivity contribution in [1.82, 2.24) is 9.97 Å². The zero-order valence-corrected chi connectivity index (χ0v) is 15.2. The predicted molar refractivity (Wildman–Crippen MR) is 102 cm³/mol. The van der Waals surface area contributed by atoms with Crippen LogP contribution >= 0.6 is 22.6 Å². The minimum atomic E-state index is -0.299. The number of aromatic hydroxyl groups is 1. The molecule has 0 radical (unpaired) electrons. The van der Waals surface area contributed by atoms with Crippen LogP contribution < -0.4 is 10.1 Å². The second-order valence-electron chi connectivity index (χ2n) is 5.14. The van der Waals surface area contributed by atoms with Gasteiger partial charge in [-0.1, -0.05) is 12.1 Å². The van der Waals surface area contributed by atoms with E-state index in [0.29, 0.717) is 22.8 Å². The summed E-state index contributed by atoms with van der Waals surface area (Å²) in [4.78, 5) is 20.3. The lowest BCUT2D eigenvalue weighted by Gasteiger charge is -2.08. The number of nitrogens with one attached hydrogen (secondary N) is 1. The zero-order valence-electron chi connectivity index (χ0n) is 13.0. The van der Waals surface area contributed by atoms with E-state index in [2.05, 4.69) is 37.9 Å². The van der Waals surface area contributed by atoms with Crippen LogP contribution in [0.2, 0.25) is 0 Å². The Balaban J connectivity index is 1.57. The Morgan fingerprint density at radius 2 is 1.84 bits per heavy atom. The molecule has 0 saturated carbocycles. The van der Waals surface area contributed by atoms with E-state index >= 15 is 0 Å². The number of phenolic OH excluding ortho intramolecular Hbond substituents is 1. The van der Waals surface area contributed by atoms with Crippen LogP contribution in [0.25, 0.3) is 11.4 Å². The molecule has 0 aliphatic heterocycles. The number of phenols is 1. The zero-order chi connectivity index (χ0) is 17.6. The summed E-state index contributed by atoms with van der Waals surface area (Å²) >= 11 is 2.20. The molecule has 1 amide bonds. The van der Waals surface area contributed by atoms with Crippen molar-refractivity contribution < 1.29 is 14.6 Å². The van der Waals surface area contributed by atoms with Crippen molar-refractivity contribution in [2.24, 2.45) is 0 Å². The molecule has 2 N–H and O–H groups in total. The molecule has 0 aliphatic carbocycles. The molecular weight excluding hydrogens is 433 g/mol. The first-order chi connectivity index (χ1) is 12.1. The van der Waals surface area contributed by atoms with Crippen LogP contribution in [0.15, 0.2) is 60.9 Å². The maximum absolute atomic E-state index is 11.9. The number of hydrogen-bond acceptors (Lipinski definition) is 5. The van der Waals surface area contributed by atoms with Gasteiger partial charge in [-0.25, -0.2) is 9.97 Å². The van der Waals surface area contributed by atoms with Crippen LogP contribution in [0.1, 0.15) is 0 Å². The van der Waals surface area contributed by atoms with Gasteiger partial charge in [-0.15, -0.1) is 0 Å². The number of anilines is 1. The SMILES string of the molecule is O=C(COc1ccc(I)cc1)Nc1cnc(-c2cccc(O)c2)nc1. The predicted octanol–water partition coefficient (Wildman–Crippen LogP) is 3.47. The van der Waals surface area contributed by atoms with Crippen LogP contribution in [0.3, 0.4) is 0 Å². The van der Waals surface area contributed by atoms with Crippen molar-refractivity contribution in [1.29, 1.82) is 0 Å². The number of ether oxygens (including phenoxy) is 1. The number of hydrogen-bond donors (Lipinski definition) is 2. The van der Waals surface area contributed by atoms with Crippen LogP contribution in [-0.4, -0.2) is 27.6 Å². The van der Waals surface area contributed by atoms with E-state index in [1.165, 1.54) is 12.4 Å². The minimum Gasteiger partial charge on any atom is -0.508 e. The Bertz CT molecular complexity index is 867. The molecule has 0 unspecified atom stereocenters. The van der Waals surface area contributed by atoms with Gasteiger partial charge in [-0.05, 0) is 59.0 Å². The van der Waals surface area contributed by atoms with Gasteiger partial charge >= 0.3 is 0 Å². The van der Waals surface area contributed by atoms with E-state index in [1.54, 1.807) is 24.3 Å². The van der Waals surface area contributed by atoms with Gasteiger partial charge in [0.25, 0.3) is 5.91 Å². The van der Waals surface area contributed by atoms with Gasteiger partial charge in [0.15, 0.2) is 12.4 Å². The Morgan fingerprint density at radius 3 is 2.52 bits per heavy atom. The smallest absolute Gasteiger partial charge is 0.262 e. The van der Waals surface area contributed by atoms with Gasteiger partial charge in [0.1, 0.15) is 11.5 Å². The van der Waals surface area contributed by atoms with Crippen molar-refractivity contribution in [3.8, 4) is 22.9 Å². The highest BCUT2D eigenvalue weighted by Gasteiger charge is 2.06. The van der Waals surface area contributed by atoms with Gasteiger partial charge < -0.3 is 15.2 Å². The summed E-state index contributed by atoms with van der Waals surface area (Å²) in [5.74, 6) is 0.938. The molecule has 2 aromatic carbocycles. The number of halogens is 1. The third-order valence-corrected chi connectivity index (χ3v) is 3.94. The number of aromatic nitrogens is 2. The second kappa shape index (κ2) is 7.93. The molecule has 0 spiro atoms. The third-order valence-electron chi connectivity index (χ3n) is 3.22. The van der Waals surface area contributed by atoms with Crippen molar-refractivity contribution in [2.75, 3.05) is 11.9 Å². The summed E-state index contributed by atoms with van der Waals surface area (Å²) in [6.07, 6.45) is 3.02. The van der Waals surface area contributed by atoms with Crippen molar-refractivity contribution in [3.05, 3.63) is 64.5 Å². The molecule has 0 aliphatic rings.